The van der Waals surface area contributed by atoms with Gasteiger partial charge in [-0.15, -0.1) is 11.3 Å². The predicted octanol–water partition coefficient (Wildman–Crippen LogP) is 2.12. The molecule has 0 spiro atoms. The van der Waals surface area contributed by atoms with E-state index in [-0.39, 0.29) is 0 Å². The van der Waals surface area contributed by atoms with E-state index >= 15 is 0 Å². The van der Waals surface area contributed by atoms with Crippen LogP contribution in [0.4, 0.5) is 5.82 Å². The maximum absolute atomic E-state index is 5.09. The molecule has 1 atom stereocenters. The summed E-state index contributed by atoms with van der Waals surface area (Å²) in [7, 11) is 1.73. The Kier molecular flexibility index (Phi) is 4.24. The Hall–Kier alpha value is -1.11. The molecule has 0 radical (unpaired) electrons. The summed E-state index contributed by atoms with van der Waals surface area (Å²) in [5.74, 6) is 1.16. The van der Waals surface area contributed by atoms with Crippen LogP contribution < -0.4 is 10.2 Å². The van der Waals surface area contributed by atoms with Crippen LogP contribution in [-0.4, -0.2) is 42.2 Å². The Labute approximate surface area is 123 Å². The van der Waals surface area contributed by atoms with E-state index in [9.17, 15) is 0 Å². The number of aromatic nitrogens is 2. The first-order valence-corrected chi connectivity index (χ1v) is 8.10. The lowest BCUT2D eigenvalue weighted by atomic mass is 10.2. The van der Waals surface area contributed by atoms with Crippen molar-refractivity contribution in [1.82, 2.24) is 14.7 Å². The third kappa shape index (κ3) is 2.55. The second kappa shape index (κ2) is 6.11. The highest BCUT2D eigenvalue weighted by molar-refractivity contribution is 7.15. The number of ether oxygens (including phenoxy) is 1. The molecule has 1 fully saturated rings. The van der Waals surface area contributed by atoms with E-state index < -0.39 is 0 Å². The average molecular weight is 294 g/mol. The van der Waals surface area contributed by atoms with Crippen molar-refractivity contribution in [2.24, 2.45) is 0 Å². The summed E-state index contributed by atoms with van der Waals surface area (Å²) >= 11 is 1.70. The van der Waals surface area contributed by atoms with Crippen molar-refractivity contribution in [1.29, 1.82) is 0 Å². The zero-order valence-corrected chi connectivity index (χ0v) is 12.9. The van der Waals surface area contributed by atoms with E-state index in [2.05, 4.69) is 33.1 Å². The first-order chi connectivity index (χ1) is 9.81. The first kappa shape index (κ1) is 13.9. The van der Waals surface area contributed by atoms with Crippen molar-refractivity contribution in [2.45, 2.75) is 32.4 Å². The van der Waals surface area contributed by atoms with Crippen LogP contribution in [-0.2, 0) is 11.3 Å². The third-order valence-corrected chi connectivity index (χ3v) is 4.70. The normalized spacial score (nSPS) is 19.3. The van der Waals surface area contributed by atoms with Crippen molar-refractivity contribution in [3.05, 3.63) is 17.3 Å². The minimum absolute atomic E-state index is 0.595. The fourth-order valence-corrected chi connectivity index (χ4v) is 3.57. The van der Waals surface area contributed by atoms with Crippen molar-refractivity contribution in [3.8, 4) is 0 Å². The Balaban J connectivity index is 1.84. The Morgan fingerprint density at radius 2 is 2.45 bits per heavy atom. The number of anilines is 1. The Morgan fingerprint density at radius 1 is 1.55 bits per heavy atom. The summed E-state index contributed by atoms with van der Waals surface area (Å²) < 4.78 is 7.30. The molecule has 2 aromatic rings. The number of nitrogens with zero attached hydrogens (tertiary/aromatic N) is 3. The van der Waals surface area contributed by atoms with E-state index in [1.807, 2.05) is 0 Å². The van der Waals surface area contributed by atoms with Gasteiger partial charge < -0.3 is 15.0 Å². The molecule has 1 saturated heterocycles. The summed E-state index contributed by atoms with van der Waals surface area (Å²) in [6.07, 6.45) is 4.65. The fourth-order valence-electron chi connectivity index (χ4n) is 2.84. The van der Waals surface area contributed by atoms with Gasteiger partial charge in [-0.25, -0.2) is 4.98 Å². The molecule has 1 N–H and O–H groups in total. The number of methoxy groups -OCH3 is 1. The van der Waals surface area contributed by atoms with Crippen LogP contribution in [0.5, 0.6) is 0 Å². The summed E-state index contributed by atoms with van der Waals surface area (Å²) in [4.78, 5) is 8.38. The highest BCUT2D eigenvalue weighted by Crippen LogP contribution is 2.30. The molecule has 2 aromatic heterocycles. The minimum atomic E-state index is 0.595. The predicted molar refractivity (Wildman–Crippen MR) is 82.7 cm³/mol. The minimum Gasteiger partial charge on any atom is -0.383 e. The van der Waals surface area contributed by atoms with Gasteiger partial charge in [0.25, 0.3) is 0 Å². The molecule has 1 unspecified atom stereocenters. The second-order valence-corrected chi connectivity index (χ2v) is 6.16. The number of hydrogen-bond donors (Lipinski definition) is 1. The maximum atomic E-state index is 5.09. The lowest BCUT2D eigenvalue weighted by Crippen LogP contribution is -2.29. The number of rotatable bonds is 6. The van der Waals surface area contributed by atoms with Gasteiger partial charge in [-0.1, -0.05) is 0 Å². The number of nitrogens with one attached hydrogen (secondary N) is 1. The zero-order valence-electron chi connectivity index (χ0n) is 12.1. The maximum Gasteiger partial charge on any atom is 0.195 e. The van der Waals surface area contributed by atoms with Crippen molar-refractivity contribution >= 4 is 22.1 Å². The van der Waals surface area contributed by atoms with Gasteiger partial charge in [0.05, 0.1) is 12.3 Å². The smallest absolute Gasteiger partial charge is 0.195 e. The van der Waals surface area contributed by atoms with Crippen LogP contribution in [0, 0.1) is 0 Å². The van der Waals surface area contributed by atoms with E-state index in [4.69, 9.17) is 9.72 Å². The van der Waals surface area contributed by atoms with Gasteiger partial charge in [0, 0.05) is 44.4 Å². The molecule has 110 valence electrons. The van der Waals surface area contributed by atoms with Gasteiger partial charge in [0.2, 0.25) is 0 Å². The highest BCUT2D eigenvalue weighted by atomic mass is 32.1. The number of thiazole rings is 1. The van der Waals surface area contributed by atoms with Crippen LogP contribution in [0.25, 0.3) is 4.96 Å². The van der Waals surface area contributed by atoms with Gasteiger partial charge in [-0.3, -0.25) is 4.40 Å². The fraction of sp³-hybridized carbons (Fsp3) is 0.643. The molecule has 0 aliphatic carbocycles. The largest absolute Gasteiger partial charge is 0.383 e. The molecular formula is C14H22N4OS. The Bertz CT molecular complexity index is 565. The molecular weight excluding hydrogens is 272 g/mol. The van der Waals surface area contributed by atoms with Gasteiger partial charge in [0.15, 0.2) is 10.8 Å². The average Bonchev–Trinajstić information content (AvgIpc) is 3.11. The molecule has 1 aliphatic heterocycles. The van der Waals surface area contributed by atoms with Crippen LogP contribution in [0.1, 0.15) is 25.5 Å². The molecule has 0 aromatic carbocycles. The molecule has 3 rings (SSSR count). The van der Waals surface area contributed by atoms with Gasteiger partial charge in [-0.2, -0.15) is 0 Å². The summed E-state index contributed by atoms with van der Waals surface area (Å²) in [5, 5.41) is 5.54. The lowest BCUT2D eigenvalue weighted by molar-refractivity contribution is 0.199. The van der Waals surface area contributed by atoms with Crippen molar-refractivity contribution in [2.75, 3.05) is 31.7 Å². The SMILES string of the molecule is COCCNCc1c(N2CCCC2C)nc2sccn12. The first-order valence-electron chi connectivity index (χ1n) is 7.22. The Morgan fingerprint density at radius 3 is 3.20 bits per heavy atom. The molecule has 1 aliphatic rings. The van der Waals surface area contributed by atoms with Crippen molar-refractivity contribution < 1.29 is 4.74 Å². The number of imidazole rings is 1. The summed E-state index contributed by atoms with van der Waals surface area (Å²) in [5.41, 5.74) is 1.27. The molecule has 20 heavy (non-hydrogen) atoms. The lowest BCUT2D eigenvalue weighted by Gasteiger charge is -2.22. The molecule has 5 nitrogen and oxygen atoms in total. The number of fused-ring (bicyclic) bond motifs is 1. The summed E-state index contributed by atoms with van der Waals surface area (Å²) in [6.45, 7) is 5.85. The molecule has 0 bridgehead atoms. The quantitative estimate of drug-likeness (QED) is 0.829. The van der Waals surface area contributed by atoms with Crippen LogP contribution in [0.3, 0.4) is 0 Å². The van der Waals surface area contributed by atoms with Gasteiger partial charge in [-0.05, 0) is 19.8 Å². The molecule has 6 heteroatoms. The third-order valence-electron chi connectivity index (χ3n) is 3.94. The van der Waals surface area contributed by atoms with E-state index in [0.717, 1.165) is 37.0 Å². The number of hydrogen-bond acceptors (Lipinski definition) is 5. The highest BCUT2D eigenvalue weighted by Gasteiger charge is 2.26. The van der Waals surface area contributed by atoms with Crippen LogP contribution in [0.2, 0.25) is 0 Å². The van der Waals surface area contributed by atoms with E-state index in [0.29, 0.717) is 6.04 Å². The molecule has 0 amide bonds. The van der Waals surface area contributed by atoms with E-state index in [1.54, 1.807) is 18.4 Å². The van der Waals surface area contributed by atoms with Crippen LogP contribution >= 0.6 is 11.3 Å². The monoisotopic (exact) mass is 294 g/mol. The van der Waals surface area contributed by atoms with Gasteiger partial charge in [0.1, 0.15) is 0 Å². The van der Waals surface area contributed by atoms with E-state index in [1.165, 1.54) is 18.5 Å². The van der Waals surface area contributed by atoms with Crippen molar-refractivity contribution in [3.63, 3.8) is 0 Å². The van der Waals surface area contributed by atoms with Gasteiger partial charge >= 0.3 is 0 Å². The van der Waals surface area contributed by atoms with Crippen LogP contribution in [0.15, 0.2) is 11.6 Å². The molecule has 3 heterocycles. The standard InChI is InChI=1S/C14H22N4OS/c1-11-4-3-6-17(11)13-12(10-15-5-8-19-2)18-7-9-20-14(18)16-13/h7,9,11,15H,3-6,8,10H2,1-2H3. The zero-order chi connectivity index (χ0) is 13.9. The molecule has 0 saturated carbocycles. The summed E-state index contributed by atoms with van der Waals surface area (Å²) in [6, 6.07) is 0.595. The second-order valence-electron chi connectivity index (χ2n) is 5.29. The topological polar surface area (TPSA) is 41.8 Å².